The molecule has 0 aliphatic carbocycles. The summed E-state index contributed by atoms with van der Waals surface area (Å²) in [6, 6.07) is 12.6. The Kier molecular flexibility index (Phi) is 3.28. The largest absolute Gasteiger partial charge is 0.441 e. The summed E-state index contributed by atoms with van der Waals surface area (Å²) in [4.78, 5) is 16.4. The van der Waals surface area contributed by atoms with Crippen LogP contribution in [-0.2, 0) is 0 Å². The molecule has 1 N–H and O–H groups in total. The molecule has 1 aromatic heterocycles. The van der Waals surface area contributed by atoms with Crippen LogP contribution in [0.25, 0.3) is 11.1 Å². The maximum atomic E-state index is 12.2. The summed E-state index contributed by atoms with van der Waals surface area (Å²) >= 11 is 3.37. The van der Waals surface area contributed by atoms with Gasteiger partial charge in [-0.25, -0.2) is 4.98 Å². The molecule has 0 saturated heterocycles. The van der Waals surface area contributed by atoms with E-state index in [2.05, 4.69) is 26.2 Å². The van der Waals surface area contributed by atoms with Crippen LogP contribution in [0, 0.1) is 6.92 Å². The quantitative estimate of drug-likeness (QED) is 0.767. The molecule has 0 fully saturated rings. The number of amides is 1. The van der Waals surface area contributed by atoms with Gasteiger partial charge in [-0.15, -0.1) is 0 Å². The van der Waals surface area contributed by atoms with Gasteiger partial charge in [-0.3, -0.25) is 4.79 Å². The number of fused-ring (bicyclic) bond motifs is 1. The second kappa shape index (κ2) is 5.09. The van der Waals surface area contributed by atoms with Gasteiger partial charge >= 0.3 is 0 Å². The predicted molar refractivity (Wildman–Crippen MR) is 80.8 cm³/mol. The van der Waals surface area contributed by atoms with E-state index in [0.717, 1.165) is 10.2 Å². The molecule has 0 aliphatic heterocycles. The first-order valence-electron chi connectivity index (χ1n) is 6.06. The van der Waals surface area contributed by atoms with E-state index in [1.165, 1.54) is 0 Å². The molecule has 5 heteroatoms. The molecule has 0 radical (unpaired) electrons. The molecule has 4 nitrogen and oxygen atoms in total. The number of rotatable bonds is 2. The Bertz CT molecular complexity index is 795. The number of nitrogens with zero attached hydrogens (tertiary/aromatic N) is 1. The molecule has 0 saturated carbocycles. The first-order chi connectivity index (χ1) is 9.61. The lowest BCUT2D eigenvalue weighted by Gasteiger charge is -2.05. The Hall–Kier alpha value is -2.14. The number of carbonyl (C=O) groups excluding carboxylic acids is 1. The van der Waals surface area contributed by atoms with Crippen molar-refractivity contribution >= 4 is 38.6 Å². The summed E-state index contributed by atoms with van der Waals surface area (Å²) in [5.74, 6) is 0.412. The number of anilines is 1. The van der Waals surface area contributed by atoms with Gasteiger partial charge in [0.1, 0.15) is 5.52 Å². The number of oxazole rings is 1. The highest BCUT2D eigenvalue weighted by atomic mass is 79.9. The minimum absolute atomic E-state index is 0.175. The molecular formula is C15H11BrN2O2. The van der Waals surface area contributed by atoms with Gasteiger partial charge < -0.3 is 9.73 Å². The van der Waals surface area contributed by atoms with Gasteiger partial charge in [0.15, 0.2) is 11.5 Å². The highest BCUT2D eigenvalue weighted by Gasteiger charge is 2.09. The van der Waals surface area contributed by atoms with Gasteiger partial charge in [0, 0.05) is 22.6 Å². The minimum atomic E-state index is -0.175. The summed E-state index contributed by atoms with van der Waals surface area (Å²) in [7, 11) is 0. The number of carbonyl (C=O) groups is 1. The lowest BCUT2D eigenvalue weighted by molar-refractivity contribution is 0.102. The average Bonchev–Trinajstić information content (AvgIpc) is 2.77. The summed E-state index contributed by atoms with van der Waals surface area (Å²) in [6.07, 6.45) is 0. The number of aryl methyl sites for hydroxylation is 1. The van der Waals surface area contributed by atoms with E-state index < -0.39 is 0 Å². The van der Waals surface area contributed by atoms with Crippen molar-refractivity contribution < 1.29 is 9.21 Å². The first-order valence-corrected chi connectivity index (χ1v) is 6.85. The lowest BCUT2D eigenvalue weighted by Crippen LogP contribution is -2.11. The third-order valence-corrected chi connectivity index (χ3v) is 3.33. The zero-order valence-corrected chi connectivity index (χ0v) is 12.3. The van der Waals surface area contributed by atoms with Crippen molar-refractivity contribution in [2.75, 3.05) is 5.32 Å². The number of hydrogen-bond donors (Lipinski definition) is 1. The fourth-order valence-electron chi connectivity index (χ4n) is 1.95. The topological polar surface area (TPSA) is 55.1 Å². The van der Waals surface area contributed by atoms with Crippen molar-refractivity contribution in [3.05, 3.63) is 58.4 Å². The summed E-state index contributed by atoms with van der Waals surface area (Å²) < 4.78 is 6.30. The van der Waals surface area contributed by atoms with E-state index in [1.54, 1.807) is 25.1 Å². The van der Waals surface area contributed by atoms with Crippen molar-refractivity contribution in [1.82, 2.24) is 4.98 Å². The van der Waals surface area contributed by atoms with Crippen LogP contribution in [0.3, 0.4) is 0 Å². The van der Waals surface area contributed by atoms with Crippen LogP contribution in [0.5, 0.6) is 0 Å². The molecule has 0 spiro atoms. The molecule has 20 heavy (non-hydrogen) atoms. The highest BCUT2D eigenvalue weighted by Crippen LogP contribution is 2.19. The third-order valence-electron chi connectivity index (χ3n) is 2.84. The lowest BCUT2D eigenvalue weighted by atomic mass is 10.2. The van der Waals surface area contributed by atoms with Crippen molar-refractivity contribution in [3.8, 4) is 0 Å². The van der Waals surface area contributed by atoms with Gasteiger partial charge in [0.05, 0.1) is 0 Å². The number of hydrogen-bond acceptors (Lipinski definition) is 3. The molecule has 2 aromatic carbocycles. The van der Waals surface area contributed by atoms with Gasteiger partial charge in [0.25, 0.3) is 5.91 Å². The molecule has 1 heterocycles. The van der Waals surface area contributed by atoms with Gasteiger partial charge in [-0.1, -0.05) is 22.0 Å². The van der Waals surface area contributed by atoms with E-state index in [0.29, 0.717) is 22.6 Å². The second-order valence-electron chi connectivity index (χ2n) is 4.38. The van der Waals surface area contributed by atoms with E-state index in [9.17, 15) is 4.79 Å². The smallest absolute Gasteiger partial charge is 0.255 e. The van der Waals surface area contributed by atoms with Crippen LogP contribution in [0.2, 0.25) is 0 Å². The summed E-state index contributed by atoms with van der Waals surface area (Å²) in [6.45, 7) is 1.78. The molecule has 1 amide bonds. The Labute approximate surface area is 123 Å². The van der Waals surface area contributed by atoms with Crippen LogP contribution in [0.15, 0.2) is 51.4 Å². The maximum absolute atomic E-state index is 12.2. The number of nitrogens with one attached hydrogen (secondary N) is 1. The molecule has 3 rings (SSSR count). The molecule has 100 valence electrons. The SMILES string of the molecule is Cc1nc2cc(C(=O)Nc3cccc(Br)c3)ccc2o1. The minimum Gasteiger partial charge on any atom is -0.441 e. The Balaban J connectivity index is 1.88. The van der Waals surface area contributed by atoms with Crippen LogP contribution in [0.1, 0.15) is 16.2 Å². The predicted octanol–water partition coefficient (Wildman–Crippen LogP) is 4.15. The highest BCUT2D eigenvalue weighted by molar-refractivity contribution is 9.10. The van der Waals surface area contributed by atoms with E-state index in [-0.39, 0.29) is 5.91 Å². The Morgan fingerprint density at radius 1 is 1.25 bits per heavy atom. The van der Waals surface area contributed by atoms with E-state index >= 15 is 0 Å². The number of halogens is 1. The molecule has 0 unspecified atom stereocenters. The van der Waals surface area contributed by atoms with Crippen molar-refractivity contribution in [2.45, 2.75) is 6.92 Å². The normalized spacial score (nSPS) is 10.7. The summed E-state index contributed by atoms with van der Waals surface area (Å²) in [5.41, 5.74) is 2.65. The Morgan fingerprint density at radius 3 is 2.90 bits per heavy atom. The van der Waals surface area contributed by atoms with Crippen molar-refractivity contribution in [3.63, 3.8) is 0 Å². The van der Waals surface area contributed by atoms with Crippen LogP contribution in [-0.4, -0.2) is 10.9 Å². The first kappa shape index (κ1) is 12.9. The van der Waals surface area contributed by atoms with E-state index in [4.69, 9.17) is 4.42 Å². The van der Waals surface area contributed by atoms with Crippen LogP contribution >= 0.6 is 15.9 Å². The molecule has 0 aliphatic rings. The standard InChI is InChI=1S/C15H11BrN2O2/c1-9-17-13-7-10(5-6-14(13)20-9)15(19)18-12-4-2-3-11(16)8-12/h2-8H,1H3,(H,18,19). The fraction of sp³-hybridized carbons (Fsp3) is 0.0667. The van der Waals surface area contributed by atoms with Crippen LogP contribution < -0.4 is 5.32 Å². The monoisotopic (exact) mass is 330 g/mol. The summed E-state index contributed by atoms with van der Waals surface area (Å²) in [5, 5.41) is 2.84. The number of aromatic nitrogens is 1. The van der Waals surface area contributed by atoms with Crippen molar-refractivity contribution in [1.29, 1.82) is 0 Å². The fourth-order valence-corrected chi connectivity index (χ4v) is 2.35. The number of benzene rings is 2. The zero-order chi connectivity index (χ0) is 14.1. The van der Waals surface area contributed by atoms with Gasteiger partial charge in [-0.05, 0) is 36.4 Å². The van der Waals surface area contributed by atoms with Crippen molar-refractivity contribution in [2.24, 2.45) is 0 Å². The average molecular weight is 331 g/mol. The Morgan fingerprint density at radius 2 is 2.10 bits per heavy atom. The van der Waals surface area contributed by atoms with Gasteiger partial charge in [0.2, 0.25) is 0 Å². The van der Waals surface area contributed by atoms with E-state index in [1.807, 2.05) is 24.3 Å². The zero-order valence-electron chi connectivity index (χ0n) is 10.7. The van der Waals surface area contributed by atoms with Crippen LogP contribution in [0.4, 0.5) is 5.69 Å². The maximum Gasteiger partial charge on any atom is 0.255 e. The molecule has 0 atom stereocenters. The molecular weight excluding hydrogens is 320 g/mol. The molecule has 0 bridgehead atoms. The second-order valence-corrected chi connectivity index (χ2v) is 5.30. The van der Waals surface area contributed by atoms with Gasteiger partial charge in [-0.2, -0.15) is 0 Å². The third kappa shape index (κ3) is 2.58. The molecule has 3 aromatic rings.